The van der Waals surface area contributed by atoms with Crippen LogP contribution in [0.25, 0.3) is 0 Å². The van der Waals surface area contributed by atoms with Gasteiger partial charge in [0.1, 0.15) is 0 Å². The number of benzene rings is 1. The van der Waals surface area contributed by atoms with E-state index in [1.807, 2.05) is 0 Å². The Morgan fingerprint density at radius 3 is 2.48 bits per heavy atom. The molecule has 1 aromatic rings. The molecule has 2 aliphatic rings. The summed E-state index contributed by atoms with van der Waals surface area (Å²) in [5.41, 5.74) is 0.893. The average molecular weight is 372 g/mol. The molecule has 2 heterocycles. The van der Waals surface area contributed by atoms with E-state index in [9.17, 15) is 9.59 Å². The van der Waals surface area contributed by atoms with Crippen molar-refractivity contribution < 1.29 is 14.3 Å². The van der Waals surface area contributed by atoms with Gasteiger partial charge in [-0.1, -0.05) is 12.1 Å². The number of nitrogens with zero attached hydrogens (tertiary/aromatic N) is 2. The summed E-state index contributed by atoms with van der Waals surface area (Å²) in [4.78, 5) is 30.2. The Kier molecular flexibility index (Phi) is 6.11. The van der Waals surface area contributed by atoms with Gasteiger partial charge in [0.15, 0.2) is 5.96 Å². The Labute approximate surface area is 160 Å². The number of imide groups is 1. The van der Waals surface area contributed by atoms with E-state index in [4.69, 9.17) is 4.74 Å². The molecule has 0 spiro atoms. The normalized spacial score (nSPS) is 22.3. The van der Waals surface area contributed by atoms with Crippen LogP contribution in [0.5, 0.6) is 0 Å². The minimum Gasteiger partial charge on any atom is -0.373 e. The number of aliphatic imine (C=N–C) groups is 1. The molecule has 7 heteroatoms. The fraction of sp³-hybridized carbons (Fsp3) is 0.550. The third-order valence-corrected chi connectivity index (χ3v) is 5.13. The maximum atomic E-state index is 12.3. The summed E-state index contributed by atoms with van der Waals surface area (Å²) in [6.07, 6.45) is 3.73. The van der Waals surface area contributed by atoms with E-state index >= 15 is 0 Å². The molecule has 3 rings (SSSR count). The van der Waals surface area contributed by atoms with Crippen LogP contribution >= 0.6 is 0 Å². The zero-order valence-electron chi connectivity index (χ0n) is 16.1. The van der Waals surface area contributed by atoms with Crippen molar-refractivity contribution in [2.24, 2.45) is 4.99 Å². The van der Waals surface area contributed by atoms with E-state index in [2.05, 4.69) is 22.5 Å². The highest BCUT2D eigenvalue weighted by Gasteiger charge is 2.34. The molecule has 0 aliphatic carbocycles. The lowest BCUT2D eigenvalue weighted by Crippen LogP contribution is -2.45. The van der Waals surface area contributed by atoms with Gasteiger partial charge in [-0.3, -0.25) is 19.5 Å². The zero-order chi connectivity index (χ0) is 19.3. The molecule has 7 nitrogen and oxygen atoms in total. The fourth-order valence-electron chi connectivity index (χ4n) is 3.51. The number of hydrogen-bond donors (Lipinski definition) is 2. The maximum Gasteiger partial charge on any atom is 0.261 e. The smallest absolute Gasteiger partial charge is 0.261 e. The van der Waals surface area contributed by atoms with E-state index in [1.165, 1.54) is 4.90 Å². The first kappa shape index (κ1) is 19.4. The zero-order valence-corrected chi connectivity index (χ0v) is 16.1. The second-order valence-corrected chi connectivity index (χ2v) is 7.27. The van der Waals surface area contributed by atoms with Gasteiger partial charge in [0.25, 0.3) is 11.8 Å². The molecule has 1 saturated heterocycles. The number of fused-ring (bicyclic) bond motifs is 1. The molecular weight excluding hydrogens is 344 g/mol. The predicted octanol–water partition coefficient (Wildman–Crippen LogP) is 1.80. The van der Waals surface area contributed by atoms with Crippen LogP contribution in [0.3, 0.4) is 0 Å². The number of hydrogen-bond acceptors (Lipinski definition) is 4. The molecule has 2 aliphatic heterocycles. The SMILES string of the molecule is CN=C(NCCCCN1C(=O)c2ccccc2C1=O)NCC1(C)CCCO1. The van der Waals surface area contributed by atoms with Crippen molar-refractivity contribution >= 4 is 17.8 Å². The number of nitrogens with one attached hydrogen (secondary N) is 2. The van der Waals surface area contributed by atoms with Crippen LogP contribution in [0.2, 0.25) is 0 Å². The Hall–Kier alpha value is -2.41. The van der Waals surface area contributed by atoms with Crippen LogP contribution in [0.4, 0.5) is 0 Å². The molecule has 1 fully saturated rings. The highest BCUT2D eigenvalue weighted by molar-refractivity contribution is 6.21. The van der Waals surface area contributed by atoms with Crippen LogP contribution in [-0.2, 0) is 4.74 Å². The highest BCUT2D eigenvalue weighted by Crippen LogP contribution is 2.24. The van der Waals surface area contributed by atoms with Crippen molar-refractivity contribution in [3.8, 4) is 0 Å². The molecule has 27 heavy (non-hydrogen) atoms. The third-order valence-electron chi connectivity index (χ3n) is 5.13. The Balaban J connectivity index is 1.37. The van der Waals surface area contributed by atoms with Crippen LogP contribution in [0.15, 0.2) is 29.3 Å². The fourth-order valence-corrected chi connectivity index (χ4v) is 3.51. The second-order valence-electron chi connectivity index (χ2n) is 7.27. The lowest BCUT2D eigenvalue weighted by molar-refractivity contribution is 0.0243. The number of rotatable bonds is 7. The van der Waals surface area contributed by atoms with Gasteiger partial charge in [-0.2, -0.15) is 0 Å². The van der Waals surface area contributed by atoms with E-state index in [0.29, 0.717) is 17.7 Å². The van der Waals surface area contributed by atoms with E-state index < -0.39 is 0 Å². The minimum atomic E-state index is -0.189. The van der Waals surface area contributed by atoms with Crippen LogP contribution in [-0.4, -0.2) is 61.6 Å². The molecule has 2 amide bonds. The summed E-state index contributed by atoms with van der Waals surface area (Å²) in [6, 6.07) is 6.99. The third kappa shape index (κ3) is 4.47. The largest absolute Gasteiger partial charge is 0.373 e. The summed E-state index contributed by atoms with van der Waals surface area (Å²) >= 11 is 0. The molecule has 0 aromatic heterocycles. The first-order valence-corrected chi connectivity index (χ1v) is 9.58. The number of ether oxygens (including phenoxy) is 1. The van der Waals surface area contributed by atoms with Crippen molar-refractivity contribution in [2.75, 3.05) is 33.3 Å². The standard InChI is InChI=1S/C20H28N4O3/c1-20(10-7-13-27-20)14-23-19(21-2)22-11-5-6-12-24-17(25)15-8-3-4-9-16(15)18(24)26/h3-4,8-9H,5-7,10-14H2,1-2H3,(H2,21,22,23). The minimum absolute atomic E-state index is 0.122. The predicted molar refractivity (Wildman–Crippen MR) is 104 cm³/mol. The summed E-state index contributed by atoms with van der Waals surface area (Å²) in [7, 11) is 1.74. The van der Waals surface area contributed by atoms with Crippen molar-refractivity contribution in [3.63, 3.8) is 0 Å². The van der Waals surface area contributed by atoms with Gasteiger partial charge in [-0.15, -0.1) is 0 Å². The molecule has 1 unspecified atom stereocenters. The van der Waals surface area contributed by atoms with Gasteiger partial charge in [-0.05, 0) is 44.7 Å². The molecule has 1 aromatic carbocycles. The molecule has 2 N–H and O–H groups in total. The first-order chi connectivity index (χ1) is 13.0. The van der Waals surface area contributed by atoms with Crippen LogP contribution < -0.4 is 10.6 Å². The lowest BCUT2D eigenvalue weighted by atomic mass is 10.0. The van der Waals surface area contributed by atoms with Gasteiger partial charge >= 0.3 is 0 Å². The number of carbonyl (C=O) groups excluding carboxylic acids is 2. The molecule has 0 bridgehead atoms. The van der Waals surface area contributed by atoms with Crippen molar-refractivity contribution in [3.05, 3.63) is 35.4 Å². The molecular formula is C20H28N4O3. The summed E-state index contributed by atoms with van der Waals surface area (Å²) in [5.74, 6) is 0.365. The van der Waals surface area contributed by atoms with Gasteiger partial charge in [0.2, 0.25) is 0 Å². The Morgan fingerprint density at radius 1 is 1.19 bits per heavy atom. The molecule has 146 valence electrons. The Morgan fingerprint density at radius 2 is 1.89 bits per heavy atom. The quantitative estimate of drug-likeness (QED) is 0.330. The van der Waals surface area contributed by atoms with Crippen LogP contribution in [0, 0.1) is 0 Å². The van der Waals surface area contributed by atoms with Gasteiger partial charge in [0, 0.05) is 33.3 Å². The van der Waals surface area contributed by atoms with E-state index in [0.717, 1.165) is 51.3 Å². The number of unbranched alkanes of at least 4 members (excludes halogenated alkanes) is 1. The van der Waals surface area contributed by atoms with Crippen molar-refractivity contribution in [1.29, 1.82) is 0 Å². The number of carbonyl (C=O) groups is 2. The average Bonchev–Trinajstić information content (AvgIpc) is 3.21. The van der Waals surface area contributed by atoms with Crippen molar-refractivity contribution in [1.82, 2.24) is 15.5 Å². The molecule has 0 radical (unpaired) electrons. The monoisotopic (exact) mass is 372 g/mol. The Bertz CT molecular complexity index is 691. The summed E-state index contributed by atoms with van der Waals surface area (Å²) < 4.78 is 5.77. The topological polar surface area (TPSA) is 83.0 Å². The van der Waals surface area contributed by atoms with E-state index in [1.54, 1.807) is 31.3 Å². The van der Waals surface area contributed by atoms with Gasteiger partial charge in [0.05, 0.1) is 16.7 Å². The lowest BCUT2D eigenvalue weighted by Gasteiger charge is -2.24. The number of guanidine groups is 1. The van der Waals surface area contributed by atoms with Gasteiger partial charge in [-0.25, -0.2) is 0 Å². The maximum absolute atomic E-state index is 12.3. The van der Waals surface area contributed by atoms with Crippen LogP contribution in [0.1, 0.15) is 53.3 Å². The van der Waals surface area contributed by atoms with Gasteiger partial charge < -0.3 is 15.4 Å². The second kappa shape index (κ2) is 8.52. The molecule has 1 atom stereocenters. The first-order valence-electron chi connectivity index (χ1n) is 9.58. The summed E-state index contributed by atoms with van der Waals surface area (Å²) in [6.45, 7) is 4.82. The highest BCUT2D eigenvalue weighted by atomic mass is 16.5. The van der Waals surface area contributed by atoms with E-state index in [-0.39, 0.29) is 17.4 Å². The number of amides is 2. The van der Waals surface area contributed by atoms with Crippen molar-refractivity contribution in [2.45, 2.75) is 38.2 Å². The molecule has 0 saturated carbocycles. The summed E-state index contributed by atoms with van der Waals surface area (Å²) in [5, 5.41) is 6.58.